The van der Waals surface area contributed by atoms with Crippen molar-refractivity contribution in [3.05, 3.63) is 29.8 Å². The second-order valence-corrected chi connectivity index (χ2v) is 8.61. The molecule has 0 aliphatic carbocycles. The van der Waals surface area contributed by atoms with Gasteiger partial charge >= 0.3 is 11.9 Å². The van der Waals surface area contributed by atoms with Crippen molar-refractivity contribution < 1.29 is 46.3 Å². The molecule has 1 fully saturated rings. The molecule has 1 aliphatic rings. The molecule has 0 aromatic heterocycles. The molecular weight excluding hydrogens is 434 g/mol. The third-order valence-electron chi connectivity index (χ3n) is 4.34. The van der Waals surface area contributed by atoms with Crippen molar-refractivity contribution in [2.45, 2.75) is 63.2 Å². The Bertz CT molecular complexity index is 914. The van der Waals surface area contributed by atoms with Crippen LogP contribution in [0.5, 0.6) is 0 Å². The summed E-state index contributed by atoms with van der Waals surface area (Å²) in [6, 6.07) is 4.63. The summed E-state index contributed by atoms with van der Waals surface area (Å²) in [7, 11) is -4.20. The number of amides is 1. The number of nitrogens with one attached hydrogen (secondary N) is 1. The van der Waals surface area contributed by atoms with Crippen LogP contribution in [0.15, 0.2) is 29.2 Å². The highest BCUT2D eigenvalue weighted by Crippen LogP contribution is 2.27. The number of hydrogen-bond donors (Lipinski definition) is 2. The van der Waals surface area contributed by atoms with E-state index in [1.54, 1.807) is 19.1 Å². The van der Waals surface area contributed by atoms with Gasteiger partial charge in [0, 0.05) is 20.8 Å². The van der Waals surface area contributed by atoms with Crippen molar-refractivity contribution in [3.63, 3.8) is 0 Å². The number of rotatable bonds is 7. The number of carbonyl (C=O) groups excluding carboxylic acids is 3. The smallest absolute Gasteiger partial charge is 0.303 e. The Morgan fingerprint density at radius 1 is 1.03 bits per heavy atom. The maximum absolute atomic E-state index is 12.5. The highest BCUT2D eigenvalue weighted by atomic mass is 32.2. The van der Waals surface area contributed by atoms with Crippen LogP contribution < -0.4 is 5.32 Å². The average molecular weight is 459 g/mol. The van der Waals surface area contributed by atoms with Crippen molar-refractivity contribution in [3.8, 4) is 0 Å². The predicted octanol–water partition coefficient (Wildman–Crippen LogP) is -0.214. The van der Waals surface area contributed by atoms with E-state index in [1.165, 1.54) is 19.1 Å². The fourth-order valence-electron chi connectivity index (χ4n) is 3.04. The summed E-state index contributed by atoms with van der Waals surface area (Å²) in [6.45, 7) is 4.48. The number of carbonyl (C=O) groups is 3. The van der Waals surface area contributed by atoms with Gasteiger partial charge in [0.15, 0.2) is 18.5 Å². The molecule has 0 spiro atoms. The molecule has 0 unspecified atom stereocenters. The molecule has 2 N–H and O–H groups in total. The quantitative estimate of drug-likeness (QED) is 0.413. The highest BCUT2D eigenvalue weighted by molar-refractivity contribution is 7.86. The van der Waals surface area contributed by atoms with Gasteiger partial charge in [-0.05, 0) is 19.1 Å². The van der Waals surface area contributed by atoms with E-state index in [9.17, 15) is 27.9 Å². The van der Waals surface area contributed by atoms with Gasteiger partial charge in [-0.1, -0.05) is 17.7 Å². The number of aliphatic hydroxyl groups is 1. The first-order valence-corrected chi connectivity index (χ1v) is 10.7. The van der Waals surface area contributed by atoms with Crippen LogP contribution in [-0.4, -0.2) is 68.6 Å². The van der Waals surface area contributed by atoms with Crippen LogP contribution in [0.25, 0.3) is 0 Å². The van der Waals surface area contributed by atoms with Gasteiger partial charge < -0.3 is 24.6 Å². The number of aliphatic hydroxyl groups excluding tert-OH is 1. The Hall–Kier alpha value is -2.54. The van der Waals surface area contributed by atoms with E-state index >= 15 is 0 Å². The Morgan fingerprint density at radius 3 is 2.10 bits per heavy atom. The molecule has 11 nitrogen and oxygen atoms in total. The maximum atomic E-state index is 12.5. The molecule has 0 saturated carbocycles. The first-order chi connectivity index (χ1) is 14.4. The molecule has 12 heteroatoms. The van der Waals surface area contributed by atoms with E-state index in [0.29, 0.717) is 0 Å². The maximum Gasteiger partial charge on any atom is 0.303 e. The lowest BCUT2D eigenvalue weighted by molar-refractivity contribution is -0.261. The number of benzene rings is 1. The predicted molar refractivity (Wildman–Crippen MR) is 104 cm³/mol. The molecule has 1 amide bonds. The van der Waals surface area contributed by atoms with E-state index in [4.69, 9.17) is 18.4 Å². The highest BCUT2D eigenvalue weighted by Gasteiger charge is 2.50. The van der Waals surface area contributed by atoms with Crippen LogP contribution in [0.2, 0.25) is 0 Å². The molecular formula is C19H25NO10S. The normalized spacial score (nSPS) is 26.0. The minimum atomic E-state index is -4.20. The van der Waals surface area contributed by atoms with Gasteiger partial charge in [-0.15, -0.1) is 0 Å². The zero-order valence-electron chi connectivity index (χ0n) is 17.4. The van der Waals surface area contributed by atoms with Crippen molar-refractivity contribution in [2.75, 3.05) is 6.61 Å². The first-order valence-electron chi connectivity index (χ1n) is 9.32. The monoisotopic (exact) mass is 459 g/mol. The van der Waals surface area contributed by atoms with Crippen LogP contribution >= 0.6 is 0 Å². The Morgan fingerprint density at radius 2 is 1.58 bits per heavy atom. The van der Waals surface area contributed by atoms with E-state index < -0.39 is 65.2 Å². The third kappa shape index (κ3) is 6.72. The molecule has 0 radical (unpaired) electrons. The topological polar surface area (TPSA) is 155 Å². The number of aryl methyl sites for hydroxylation is 1. The van der Waals surface area contributed by atoms with E-state index in [2.05, 4.69) is 5.32 Å². The van der Waals surface area contributed by atoms with Gasteiger partial charge in [-0.3, -0.25) is 18.6 Å². The average Bonchev–Trinajstić information content (AvgIpc) is 2.65. The first kappa shape index (κ1) is 24.7. The molecule has 172 valence electrons. The number of ether oxygens (including phenoxy) is 3. The molecule has 31 heavy (non-hydrogen) atoms. The summed E-state index contributed by atoms with van der Waals surface area (Å²) in [5.74, 6) is -2.13. The fraction of sp³-hybridized carbons (Fsp3) is 0.526. The molecule has 1 aliphatic heterocycles. The van der Waals surface area contributed by atoms with Gasteiger partial charge in [-0.2, -0.15) is 8.42 Å². The molecule has 2 rings (SSSR count). The van der Waals surface area contributed by atoms with E-state index in [-0.39, 0.29) is 4.90 Å². The Kier molecular flexibility index (Phi) is 8.12. The van der Waals surface area contributed by atoms with Gasteiger partial charge in [0.2, 0.25) is 5.91 Å². The lowest BCUT2D eigenvalue weighted by Crippen LogP contribution is -2.66. The molecule has 1 aromatic carbocycles. The van der Waals surface area contributed by atoms with Crippen LogP contribution in [0.4, 0.5) is 0 Å². The fourth-order valence-corrected chi connectivity index (χ4v) is 3.96. The van der Waals surface area contributed by atoms with Crippen molar-refractivity contribution in [2.24, 2.45) is 0 Å². The minimum Gasteiger partial charge on any atom is -0.456 e. The second kappa shape index (κ2) is 10.2. The van der Waals surface area contributed by atoms with E-state index in [1.807, 2.05) is 0 Å². The molecule has 0 bridgehead atoms. The zero-order valence-corrected chi connectivity index (χ0v) is 18.2. The number of hydrogen-bond acceptors (Lipinski definition) is 10. The van der Waals surface area contributed by atoms with Crippen molar-refractivity contribution in [1.82, 2.24) is 5.32 Å². The van der Waals surface area contributed by atoms with Gasteiger partial charge in [0.05, 0.1) is 11.5 Å². The van der Waals surface area contributed by atoms with E-state index in [0.717, 1.165) is 19.4 Å². The number of esters is 2. The standard InChI is InChI=1S/C19H25NO10S/c1-10-5-7-14(8-6-10)31(25,26)27-9-15-17(28-12(3)22)18(29-13(4)23)16(19(24)30-15)20-11(2)21/h5-8,15-19,24H,9H2,1-4H3,(H,20,21)/t15-,16+,17-,18-,19-/m1/s1. The summed E-state index contributed by atoms with van der Waals surface area (Å²) in [5, 5.41) is 12.7. The largest absolute Gasteiger partial charge is 0.456 e. The SMILES string of the molecule is CC(=O)N[C@H]1[C@@H](OC(C)=O)[C@H](OC(C)=O)[C@@H](COS(=O)(=O)c2ccc(C)cc2)O[C@H]1O. The Labute approximate surface area is 179 Å². The molecule has 5 atom stereocenters. The second-order valence-electron chi connectivity index (χ2n) is 6.99. The van der Waals surface area contributed by atoms with Crippen molar-refractivity contribution in [1.29, 1.82) is 0 Å². The van der Waals surface area contributed by atoms with Crippen LogP contribution in [0.3, 0.4) is 0 Å². The van der Waals surface area contributed by atoms with Crippen molar-refractivity contribution >= 4 is 28.0 Å². The zero-order chi connectivity index (χ0) is 23.3. The minimum absolute atomic E-state index is 0.105. The summed E-state index contributed by atoms with van der Waals surface area (Å²) >= 11 is 0. The molecule has 1 heterocycles. The molecule has 1 saturated heterocycles. The Balaban J connectivity index is 2.29. The van der Waals surface area contributed by atoms with Crippen LogP contribution in [-0.2, 0) is 42.9 Å². The van der Waals surface area contributed by atoms with Gasteiger partial charge in [-0.25, -0.2) is 0 Å². The summed E-state index contributed by atoms with van der Waals surface area (Å²) < 4.78 is 45.7. The lowest BCUT2D eigenvalue weighted by Gasteiger charge is -2.43. The lowest BCUT2D eigenvalue weighted by atomic mass is 9.96. The third-order valence-corrected chi connectivity index (χ3v) is 5.63. The van der Waals surface area contributed by atoms with Crippen LogP contribution in [0, 0.1) is 6.92 Å². The van der Waals surface area contributed by atoms with Gasteiger partial charge in [0.1, 0.15) is 12.1 Å². The van der Waals surface area contributed by atoms with Gasteiger partial charge in [0.25, 0.3) is 10.1 Å². The summed E-state index contributed by atoms with van der Waals surface area (Å²) in [4.78, 5) is 34.6. The van der Waals surface area contributed by atoms with Crippen LogP contribution in [0.1, 0.15) is 26.3 Å². The summed E-state index contributed by atoms with van der Waals surface area (Å²) in [5.41, 5.74) is 0.848. The summed E-state index contributed by atoms with van der Waals surface area (Å²) in [6.07, 6.45) is -5.75. The molecule has 1 aromatic rings.